The summed E-state index contributed by atoms with van der Waals surface area (Å²) in [6, 6.07) is 3.11. The van der Waals surface area contributed by atoms with Gasteiger partial charge < -0.3 is 15.7 Å². The monoisotopic (exact) mass is 281 g/mol. The van der Waals surface area contributed by atoms with E-state index in [1.54, 1.807) is 13.8 Å². The zero-order valence-electron chi connectivity index (χ0n) is 11.1. The predicted octanol–water partition coefficient (Wildman–Crippen LogP) is 1.11. The summed E-state index contributed by atoms with van der Waals surface area (Å²) < 4.78 is 0. The number of nitro benzene ring substituents is 1. The molecule has 0 aliphatic carbocycles. The zero-order valence-corrected chi connectivity index (χ0v) is 11.1. The van der Waals surface area contributed by atoms with Gasteiger partial charge in [-0.05, 0) is 19.9 Å². The maximum absolute atomic E-state index is 12.3. The summed E-state index contributed by atoms with van der Waals surface area (Å²) in [4.78, 5) is 34.2. The van der Waals surface area contributed by atoms with E-state index in [9.17, 15) is 19.7 Å². The Kier molecular flexibility index (Phi) is 4.63. The van der Waals surface area contributed by atoms with Crippen molar-refractivity contribution in [3.05, 3.63) is 33.9 Å². The standard InChI is InChI=1S/C12H15N3O5/c1-7(2)14(6-11(16)17)12(18)9-5-8(15(19)20)3-4-10(9)13/h3-5,7H,6,13H2,1-2H3,(H,16,17). The van der Waals surface area contributed by atoms with Crippen LogP contribution in [0.5, 0.6) is 0 Å². The smallest absolute Gasteiger partial charge is 0.323 e. The molecule has 8 heteroatoms. The van der Waals surface area contributed by atoms with Gasteiger partial charge in [-0.25, -0.2) is 0 Å². The van der Waals surface area contributed by atoms with Crippen LogP contribution in [0.1, 0.15) is 24.2 Å². The molecule has 20 heavy (non-hydrogen) atoms. The molecule has 0 saturated heterocycles. The highest BCUT2D eigenvalue weighted by Gasteiger charge is 2.24. The molecule has 0 aliphatic heterocycles. The van der Waals surface area contributed by atoms with Gasteiger partial charge in [-0.1, -0.05) is 0 Å². The number of hydrogen-bond acceptors (Lipinski definition) is 5. The topological polar surface area (TPSA) is 127 Å². The van der Waals surface area contributed by atoms with E-state index in [2.05, 4.69) is 0 Å². The van der Waals surface area contributed by atoms with E-state index in [0.717, 1.165) is 11.0 Å². The van der Waals surface area contributed by atoms with Crippen molar-refractivity contribution in [2.45, 2.75) is 19.9 Å². The number of rotatable bonds is 5. The number of nitrogens with two attached hydrogens (primary N) is 1. The van der Waals surface area contributed by atoms with Crippen molar-refractivity contribution in [1.29, 1.82) is 0 Å². The predicted molar refractivity (Wildman–Crippen MR) is 71.3 cm³/mol. The third-order valence-corrected chi connectivity index (χ3v) is 2.67. The van der Waals surface area contributed by atoms with Gasteiger partial charge >= 0.3 is 5.97 Å². The summed E-state index contributed by atoms with van der Waals surface area (Å²) in [6.07, 6.45) is 0. The fraction of sp³-hybridized carbons (Fsp3) is 0.333. The number of aliphatic carboxylic acids is 1. The van der Waals surface area contributed by atoms with Crippen molar-refractivity contribution in [3.8, 4) is 0 Å². The molecule has 0 unspecified atom stereocenters. The molecular formula is C12H15N3O5. The highest BCUT2D eigenvalue weighted by atomic mass is 16.6. The van der Waals surface area contributed by atoms with E-state index in [0.29, 0.717) is 0 Å². The Morgan fingerprint density at radius 3 is 2.50 bits per heavy atom. The van der Waals surface area contributed by atoms with Gasteiger partial charge in [0.1, 0.15) is 6.54 Å². The van der Waals surface area contributed by atoms with Gasteiger partial charge in [0.25, 0.3) is 11.6 Å². The molecule has 108 valence electrons. The number of nitrogen functional groups attached to an aromatic ring is 1. The Labute approximate surface area is 114 Å². The number of carbonyl (C=O) groups is 2. The molecule has 0 aromatic heterocycles. The van der Waals surface area contributed by atoms with Crippen LogP contribution in [-0.4, -0.2) is 39.4 Å². The molecule has 0 saturated carbocycles. The molecule has 0 atom stereocenters. The van der Waals surface area contributed by atoms with Crippen LogP contribution < -0.4 is 5.73 Å². The second kappa shape index (κ2) is 6.00. The summed E-state index contributed by atoms with van der Waals surface area (Å²) >= 11 is 0. The van der Waals surface area contributed by atoms with Gasteiger partial charge in [-0.15, -0.1) is 0 Å². The van der Waals surface area contributed by atoms with Crippen molar-refractivity contribution >= 4 is 23.3 Å². The SMILES string of the molecule is CC(C)N(CC(=O)O)C(=O)c1cc([N+](=O)[O-])ccc1N. The molecule has 8 nitrogen and oxygen atoms in total. The van der Waals surface area contributed by atoms with Crippen molar-refractivity contribution in [2.24, 2.45) is 0 Å². The second-order valence-corrected chi connectivity index (χ2v) is 4.45. The number of carboxylic acid groups (broad SMARTS) is 1. The number of hydrogen-bond donors (Lipinski definition) is 2. The quantitative estimate of drug-likeness (QED) is 0.473. The van der Waals surface area contributed by atoms with Gasteiger partial charge in [-0.3, -0.25) is 19.7 Å². The van der Waals surface area contributed by atoms with Crippen molar-refractivity contribution in [1.82, 2.24) is 4.90 Å². The lowest BCUT2D eigenvalue weighted by Gasteiger charge is -2.25. The number of benzene rings is 1. The minimum absolute atomic E-state index is 0.0663. The number of nitro groups is 1. The molecule has 3 N–H and O–H groups in total. The van der Waals surface area contributed by atoms with Gasteiger partial charge in [0, 0.05) is 23.9 Å². The lowest BCUT2D eigenvalue weighted by atomic mass is 10.1. The van der Waals surface area contributed by atoms with Crippen molar-refractivity contribution < 1.29 is 19.6 Å². The van der Waals surface area contributed by atoms with Gasteiger partial charge in [0.2, 0.25) is 0 Å². The largest absolute Gasteiger partial charge is 0.480 e. The Morgan fingerprint density at radius 1 is 1.45 bits per heavy atom. The number of non-ortho nitro benzene ring substituents is 1. The number of carbonyl (C=O) groups excluding carboxylic acids is 1. The molecular weight excluding hydrogens is 266 g/mol. The molecule has 1 amide bonds. The normalized spacial score (nSPS) is 10.3. The van der Waals surface area contributed by atoms with Gasteiger partial charge in [0.05, 0.1) is 10.5 Å². The first-order valence-electron chi connectivity index (χ1n) is 5.80. The molecule has 0 radical (unpaired) electrons. The summed E-state index contributed by atoms with van der Waals surface area (Å²) in [6.45, 7) is 2.79. The fourth-order valence-corrected chi connectivity index (χ4v) is 1.63. The van der Waals surface area contributed by atoms with Crippen LogP contribution in [0.4, 0.5) is 11.4 Å². The summed E-state index contributed by atoms with van der Waals surface area (Å²) in [5, 5.41) is 19.5. The van der Waals surface area contributed by atoms with Crippen LogP contribution in [0.25, 0.3) is 0 Å². The first kappa shape index (κ1) is 15.4. The van der Waals surface area contributed by atoms with Crippen LogP contribution in [-0.2, 0) is 4.79 Å². The zero-order chi connectivity index (χ0) is 15.4. The lowest BCUT2D eigenvalue weighted by molar-refractivity contribution is -0.384. The molecule has 0 fully saturated rings. The number of carboxylic acids is 1. The summed E-state index contributed by atoms with van der Waals surface area (Å²) in [5.74, 6) is -1.82. The van der Waals surface area contributed by atoms with E-state index in [4.69, 9.17) is 10.8 Å². The Morgan fingerprint density at radius 2 is 2.05 bits per heavy atom. The van der Waals surface area contributed by atoms with Crippen LogP contribution >= 0.6 is 0 Å². The highest BCUT2D eigenvalue weighted by Crippen LogP contribution is 2.22. The van der Waals surface area contributed by atoms with Crippen LogP contribution in [0, 0.1) is 10.1 Å². The van der Waals surface area contributed by atoms with Crippen LogP contribution in [0.3, 0.4) is 0 Å². The molecule has 0 aliphatic rings. The third-order valence-electron chi connectivity index (χ3n) is 2.67. The van der Waals surface area contributed by atoms with Crippen LogP contribution in [0.2, 0.25) is 0 Å². The van der Waals surface area contributed by atoms with E-state index in [-0.39, 0.29) is 23.0 Å². The Bertz CT molecular complexity index is 556. The second-order valence-electron chi connectivity index (χ2n) is 4.45. The summed E-state index contributed by atoms with van der Waals surface area (Å²) in [7, 11) is 0. The number of amides is 1. The minimum Gasteiger partial charge on any atom is -0.480 e. The summed E-state index contributed by atoms with van der Waals surface area (Å²) in [5.41, 5.74) is 5.36. The molecule has 0 spiro atoms. The number of nitrogens with zero attached hydrogens (tertiary/aromatic N) is 2. The molecule has 1 rings (SSSR count). The van der Waals surface area contributed by atoms with Crippen LogP contribution in [0.15, 0.2) is 18.2 Å². The van der Waals surface area contributed by atoms with E-state index in [1.165, 1.54) is 12.1 Å². The average molecular weight is 281 g/mol. The molecule has 0 bridgehead atoms. The molecule has 1 aromatic carbocycles. The minimum atomic E-state index is -1.17. The van der Waals surface area contributed by atoms with Gasteiger partial charge in [0.15, 0.2) is 0 Å². The number of anilines is 1. The fourth-order valence-electron chi connectivity index (χ4n) is 1.63. The maximum Gasteiger partial charge on any atom is 0.323 e. The van der Waals surface area contributed by atoms with E-state index in [1.807, 2.05) is 0 Å². The lowest BCUT2D eigenvalue weighted by Crippen LogP contribution is -2.40. The average Bonchev–Trinajstić information content (AvgIpc) is 2.34. The van der Waals surface area contributed by atoms with Crippen molar-refractivity contribution in [3.63, 3.8) is 0 Å². The third kappa shape index (κ3) is 3.44. The van der Waals surface area contributed by atoms with E-state index >= 15 is 0 Å². The Balaban J connectivity index is 3.20. The molecule has 0 heterocycles. The van der Waals surface area contributed by atoms with Gasteiger partial charge in [-0.2, -0.15) is 0 Å². The first-order chi connectivity index (χ1) is 9.23. The highest BCUT2D eigenvalue weighted by molar-refractivity contribution is 6.01. The van der Waals surface area contributed by atoms with Crippen molar-refractivity contribution in [2.75, 3.05) is 12.3 Å². The Hall–Kier alpha value is -2.64. The molecule has 1 aromatic rings. The maximum atomic E-state index is 12.3. The van der Waals surface area contributed by atoms with E-state index < -0.39 is 23.3 Å². The first-order valence-corrected chi connectivity index (χ1v) is 5.80.